The Morgan fingerprint density at radius 2 is 1.92 bits per heavy atom. The third kappa shape index (κ3) is 4.89. The zero-order valence-electron chi connectivity index (χ0n) is 20.7. The fourth-order valence-corrected chi connectivity index (χ4v) is 5.27. The van der Waals surface area contributed by atoms with Crippen LogP contribution in [0.1, 0.15) is 50.2 Å². The average Bonchev–Trinajstić information content (AvgIpc) is 3.74. The predicted molar refractivity (Wildman–Crippen MR) is 141 cm³/mol. The summed E-state index contributed by atoms with van der Waals surface area (Å²) >= 11 is 0. The highest BCUT2D eigenvalue weighted by Gasteiger charge is 2.35. The van der Waals surface area contributed by atoms with Crippen LogP contribution >= 0.6 is 0 Å². The van der Waals surface area contributed by atoms with Gasteiger partial charge in [-0.3, -0.25) is 0 Å². The maximum Gasteiger partial charge on any atom is 0.201 e. The van der Waals surface area contributed by atoms with Gasteiger partial charge in [-0.05, 0) is 88.7 Å². The lowest BCUT2D eigenvalue weighted by Crippen LogP contribution is -2.38. The molecule has 2 aromatic carbocycles. The van der Waals surface area contributed by atoms with Gasteiger partial charge in [0.05, 0.1) is 0 Å². The number of halogens is 2. The van der Waals surface area contributed by atoms with Gasteiger partial charge >= 0.3 is 0 Å². The molecule has 190 valence electrons. The van der Waals surface area contributed by atoms with E-state index in [1.54, 1.807) is 0 Å². The zero-order valence-corrected chi connectivity index (χ0v) is 20.7. The van der Waals surface area contributed by atoms with E-state index in [0.29, 0.717) is 28.8 Å². The number of nitrogens with zero attached hydrogens (tertiary/aromatic N) is 1. The van der Waals surface area contributed by atoms with Crippen LogP contribution in [0.2, 0.25) is 0 Å². The normalized spacial score (nSPS) is 20.6. The van der Waals surface area contributed by atoms with Crippen molar-refractivity contribution in [1.82, 2.24) is 10.6 Å². The lowest BCUT2D eigenvalue weighted by molar-refractivity contribution is 0.409. The maximum atomic E-state index is 14.7. The predicted octanol–water partition coefficient (Wildman–Crippen LogP) is 6.15. The monoisotopic (exact) mass is 492 g/mol. The number of rotatable bonds is 8. The molecule has 0 amide bonds. The van der Waals surface area contributed by atoms with Gasteiger partial charge in [0.1, 0.15) is 5.75 Å². The van der Waals surface area contributed by atoms with E-state index in [1.807, 2.05) is 12.3 Å². The van der Waals surface area contributed by atoms with Crippen LogP contribution in [0, 0.1) is 23.0 Å². The second-order valence-corrected chi connectivity index (χ2v) is 10.1. The van der Waals surface area contributed by atoms with Crippen LogP contribution in [0.15, 0.2) is 48.8 Å². The summed E-state index contributed by atoms with van der Waals surface area (Å²) in [6.07, 6.45) is 9.06. The number of ether oxygens (including phenoxy) is 1. The fraction of sp³-hybridized carbons (Fsp3) is 0.414. The van der Waals surface area contributed by atoms with Crippen molar-refractivity contribution in [3.63, 3.8) is 0 Å². The Morgan fingerprint density at radius 3 is 2.64 bits per heavy atom. The van der Waals surface area contributed by atoms with Crippen LogP contribution in [0.25, 0.3) is 5.57 Å². The Bertz CT molecular complexity index is 1180. The highest BCUT2D eigenvalue weighted by molar-refractivity contribution is 6.09. The Kier molecular flexibility index (Phi) is 7.10. The first-order valence-electron chi connectivity index (χ1n) is 12.9. The molecule has 1 saturated heterocycles. The van der Waals surface area contributed by atoms with Gasteiger partial charge in [-0.1, -0.05) is 12.6 Å². The summed E-state index contributed by atoms with van der Waals surface area (Å²) in [5.74, 6) is -1.16. The largest absolute Gasteiger partial charge is 0.453 e. The summed E-state index contributed by atoms with van der Waals surface area (Å²) in [6.45, 7) is 8.50. The van der Waals surface area contributed by atoms with Crippen molar-refractivity contribution in [2.24, 2.45) is 5.92 Å². The number of benzene rings is 2. The molecule has 5 nitrogen and oxygen atoms in total. The molecule has 2 fully saturated rings. The second-order valence-electron chi connectivity index (χ2n) is 10.1. The van der Waals surface area contributed by atoms with Gasteiger partial charge in [-0.15, -0.1) is 0 Å². The minimum Gasteiger partial charge on any atom is -0.453 e. The summed E-state index contributed by atoms with van der Waals surface area (Å²) in [6, 6.07) is 8.56. The lowest BCUT2D eigenvalue weighted by Gasteiger charge is -2.39. The minimum absolute atomic E-state index is 0.161. The molecule has 1 unspecified atom stereocenters. The van der Waals surface area contributed by atoms with Gasteiger partial charge in [-0.2, -0.15) is 4.39 Å². The molecule has 2 heterocycles. The van der Waals surface area contributed by atoms with Crippen molar-refractivity contribution < 1.29 is 13.5 Å². The number of hydrogen-bond donors (Lipinski definition) is 3. The summed E-state index contributed by atoms with van der Waals surface area (Å²) < 4.78 is 34.9. The molecule has 0 radical (unpaired) electrons. The van der Waals surface area contributed by atoms with Gasteiger partial charge in [0.15, 0.2) is 11.6 Å². The van der Waals surface area contributed by atoms with Crippen LogP contribution in [0.4, 0.5) is 14.5 Å². The van der Waals surface area contributed by atoms with Crippen molar-refractivity contribution in [2.45, 2.75) is 57.5 Å². The van der Waals surface area contributed by atoms with Gasteiger partial charge < -0.3 is 25.7 Å². The molecule has 3 aliphatic rings. The van der Waals surface area contributed by atoms with E-state index in [9.17, 15) is 8.78 Å². The molecule has 1 atom stereocenters. The lowest BCUT2D eigenvalue weighted by atomic mass is 9.91. The molecule has 2 aromatic rings. The summed E-state index contributed by atoms with van der Waals surface area (Å²) in [5.41, 5.74) is 4.35. The van der Waals surface area contributed by atoms with Crippen molar-refractivity contribution in [1.29, 1.82) is 5.41 Å². The molecule has 0 aromatic heterocycles. The van der Waals surface area contributed by atoms with E-state index in [2.05, 4.69) is 35.1 Å². The van der Waals surface area contributed by atoms with E-state index >= 15 is 0 Å². The summed E-state index contributed by atoms with van der Waals surface area (Å²) in [5, 5.41) is 15.0. The SMILES string of the molecule is C=C(C1CC1)N1c2ccc(/C(C=N)=C/NC3CCNCC3)c(Oc3cccc(F)c3F)c2CCC1C. The van der Waals surface area contributed by atoms with Crippen molar-refractivity contribution in [3.05, 3.63) is 71.6 Å². The summed E-state index contributed by atoms with van der Waals surface area (Å²) in [7, 11) is 0. The average molecular weight is 493 g/mol. The smallest absolute Gasteiger partial charge is 0.201 e. The Balaban J connectivity index is 1.59. The highest BCUT2D eigenvalue weighted by Crippen LogP contribution is 2.47. The molecule has 5 rings (SSSR count). The summed E-state index contributed by atoms with van der Waals surface area (Å²) in [4.78, 5) is 2.29. The second kappa shape index (κ2) is 10.4. The van der Waals surface area contributed by atoms with Crippen LogP contribution in [-0.2, 0) is 6.42 Å². The van der Waals surface area contributed by atoms with Crippen LogP contribution in [0.5, 0.6) is 11.5 Å². The first-order chi connectivity index (χ1) is 17.5. The van der Waals surface area contributed by atoms with Gasteiger partial charge in [0.2, 0.25) is 5.82 Å². The number of nitrogens with one attached hydrogen (secondary N) is 3. The standard InChI is InChI=1S/C29H34F2N4O/c1-18-6-9-24-26(35(18)19(2)20-7-8-20)11-10-23(21(16-32)17-34-22-12-14-33-15-13-22)29(24)36-27-5-3-4-25(30)28(27)31/h3-5,10-11,16-18,20,22,32-34H,2,6-9,12-15H2,1H3/b21-17+,32-16?. The highest BCUT2D eigenvalue weighted by atomic mass is 19.2. The topological polar surface area (TPSA) is 60.4 Å². The Hall–Kier alpha value is -3.19. The van der Waals surface area contributed by atoms with E-state index in [0.717, 1.165) is 74.6 Å². The number of hydrogen-bond acceptors (Lipinski definition) is 5. The van der Waals surface area contributed by atoms with Crippen LogP contribution < -0.4 is 20.3 Å². The molecule has 3 N–H and O–H groups in total. The first kappa shape index (κ1) is 24.5. The molecule has 7 heteroatoms. The van der Waals surface area contributed by atoms with E-state index in [-0.39, 0.29) is 11.8 Å². The third-order valence-electron chi connectivity index (χ3n) is 7.51. The maximum absolute atomic E-state index is 14.7. The number of allylic oxidation sites excluding steroid dienone is 2. The van der Waals surface area contributed by atoms with E-state index < -0.39 is 11.6 Å². The molecule has 36 heavy (non-hydrogen) atoms. The van der Waals surface area contributed by atoms with Crippen LogP contribution in [-0.4, -0.2) is 31.4 Å². The molecule has 1 aliphatic carbocycles. The molecular weight excluding hydrogens is 458 g/mol. The minimum atomic E-state index is -1.02. The van der Waals surface area contributed by atoms with E-state index in [4.69, 9.17) is 10.1 Å². The van der Waals surface area contributed by atoms with Gasteiger partial charge in [0, 0.05) is 52.6 Å². The molecule has 0 spiro atoms. The quantitative estimate of drug-likeness (QED) is 0.387. The molecule has 2 aliphatic heterocycles. The first-order valence-corrected chi connectivity index (χ1v) is 12.9. The number of piperidine rings is 1. The van der Waals surface area contributed by atoms with Gasteiger partial charge in [-0.25, -0.2) is 4.39 Å². The third-order valence-corrected chi connectivity index (χ3v) is 7.51. The zero-order chi connectivity index (χ0) is 25.2. The Labute approximate surface area is 211 Å². The number of fused-ring (bicyclic) bond motifs is 1. The fourth-order valence-electron chi connectivity index (χ4n) is 5.27. The molecular formula is C29H34F2N4O. The van der Waals surface area contributed by atoms with Crippen molar-refractivity contribution in [3.8, 4) is 11.5 Å². The molecule has 1 saturated carbocycles. The van der Waals surface area contributed by atoms with Crippen molar-refractivity contribution in [2.75, 3.05) is 18.0 Å². The Morgan fingerprint density at radius 1 is 1.14 bits per heavy atom. The van der Waals surface area contributed by atoms with E-state index in [1.165, 1.54) is 18.3 Å². The van der Waals surface area contributed by atoms with Crippen LogP contribution in [0.3, 0.4) is 0 Å². The molecule has 0 bridgehead atoms. The van der Waals surface area contributed by atoms with Crippen molar-refractivity contribution >= 4 is 17.5 Å². The van der Waals surface area contributed by atoms with Gasteiger partial charge in [0.25, 0.3) is 0 Å². The number of anilines is 1.